The number of carbonyl (C=O) groups is 1. The number of likely N-dealkylation sites (tertiary alicyclic amines) is 1. The molecule has 1 saturated heterocycles. The lowest BCUT2D eigenvalue weighted by Gasteiger charge is -2.31. The lowest BCUT2D eigenvalue weighted by atomic mass is 9.88. The first-order chi connectivity index (χ1) is 13.1. The van der Waals surface area contributed by atoms with E-state index in [1.165, 1.54) is 12.1 Å². The summed E-state index contributed by atoms with van der Waals surface area (Å²) in [7, 11) is 0. The number of rotatable bonds is 4. The first kappa shape index (κ1) is 17.5. The number of aromatic hydroxyl groups is 1. The number of ketones is 1. The third kappa shape index (κ3) is 3.78. The molecule has 1 aliphatic heterocycles. The molecule has 5 heteroatoms. The summed E-state index contributed by atoms with van der Waals surface area (Å²) in [5, 5.41) is 10.4. The van der Waals surface area contributed by atoms with Crippen molar-refractivity contribution >= 4 is 16.8 Å². The molecule has 0 saturated carbocycles. The highest BCUT2D eigenvalue weighted by molar-refractivity contribution is 5.97. The highest BCUT2D eigenvalue weighted by Gasteiger charge is 2.26. The number of phenols is 1. The Kier molecular flexibility index (Phi) is 4.77. The molecular formula is C22H21NO4. The van der Waals surface area contributed by atoms with E-state index in [-0.39, 0.29) is 17.5 Å². The zero-order valence-electron chi connectivity index (χ0n) is 14.9. The Hall–Kier alpha value is -2.92. The Morgan fingerprint density at radius 2 is 1.81 bits per heavy atom. The zero-order chi connectivity index (χ0) is 18.8. The first-order valence-corrected chi connectivity index (χ1v) is 9.17. The van der Waals surface area contributed by atoms with Crippen LogP contribution in [-0.2, 0) is 6.54 Å². The molecule has 0 radical (unpaired) electrons. The molecule has 2 heterocycles. The molecule has 138 valence electrons. The van der Waals surface area contributed by atoms with E-state index in [0.717, 1.165) is 42.4 Å². The summed E-state index contributed by atoms with van der Waals surface area (Å²) in [6, 6.07) is 15.8. The number of carbonyl (C=O) groups excluding carboxylic acids is 1. The largest absolute Gasteiger partial charge is 0.508 e. The second-order valence-electron chi connectivity index (χ2n) is 7.05. The van der Waals surface area contributed by atoms with Crippen LogP contribution in [0.15, 0.2) is 63.8 Å². The average molecular weight is 363 g/mol. The van der Waals surface area contributed by atoms with Gasteiger partial charge in [-0.15, -0.1) is 0 Å². The van der Waals surface area contributed by atoms with Gasteiger partial charge in [-0.25, -0.2) is 4.79 Å². The van der Waals surface area contributed by atoms with Crippen molar-refractivity contribution in [2.45, 2.75) is 19.4 Å². The topological polar surface area (TPSA) is 70.8 Å². The number of Topliss-reactive ketones (excluding diaryl/α,β-unsaturated/α-hetero) is 1. The average Bonchev–Trinajstić information content (AvgIpc) is 2.68. The molecule has 27 heavy (non-hydrogen) atoms. The quantitative estimate of drug-likeness (QED) is 0.567. The van der Waals surface area contributed by atoms with E-state index in [0.29, 0.717) is 12.1 Å². The third-order valence-electron chi connectivity index (χ3n) is 5.22. The van der Waals surface area contributed by atoms with Gasteiger partial charge in [-0.2, -0.15) is 0 Å². The van der Waals surface area contributed by atoms with Crippen LogP contribution >= 0.6 is 0 Å². The molecule has 0 bridgehead atoms. The minimum atomic E-state index is -0.419. The predicted molar refractivity (Wildman–Crippen MR) is 103 cm³/mol. The van der Waals surface area contributed by atoms with Crippen LogP contribution in [0.5, 0.6) is 5.75 Å². The van der Waals surface area contributed by atoms with Gasteiger partial charge >= 0.3 is 5.63 Å². The zero-order valence-corrected chi connectivity index (χ0v) is 14.9. The van der Waals surface area contributed by atoms with Crippen molar-refractivity contribution in [1.29, 1.82) is 0 Å². The van der Waals surface area contributed by atoms with Crippen molar-refractivity contribution in [3.8, 4) is 5.75 Å². The molecule has 4 rings (SSSR count). The maximum atomic E-state index is 12.6. The maximum absolute atomic E-state index is 12.6. The molecule has 0 amide bonds. The van der Waals surface area contributed by atoms with Gasteiger partial charge in [0.25, 0.3) is 0 Å². The highest BCUT2D eigenvalue weighted by atomic mass is 16.4. The summed E-state index contributed by atoms with van der Waals surface area (Å²) in [5.74, 6) is 0.345. The van der Waals surface area contributed by atoms with E-state index in [1.807, 2.05) is 30.3 Å². The van der Waals surface area contributed by atoms with Crippen molar-refractivity contribution in [1.82, 2.24) is 4.90 Å². The van der Waals surface area contributed by atoms with E-state index in [4.69, 9.17) is 4.42 Å². The molecule has 5 nitrogen and oxygen atoms in total. The number of piperidine rings is 1. The van der Waals surface area contributed by atoms with Crippen molar-refractivity contribution in [3.05, 3.63) is 76.1 Å². The van der Waals surface area contributed by atoms with Gasteiger partial charge in [-0.1, -0.05) is 30.3 Å². The van der Waals surface area contributed by atoms with E-state index in [9.17, 15) is 14.7 Å². The molecule has 1 aliphatic rings. The summed E-state index contributed by atoms with van der Waals surface area (Å²) in [5.41, 5.74) is 1.64. The van der Waals surface area contributed by atoms with Crippen LogP contribution in [0.2, 0.25) is 0 Å². The summed E-state index contributed by atoms with van der Waals surface area (Å²) in [4.78, 5) is 26.7. The summed E-state index contributed by atoms with van der Waals surface area (Å²) >= 11 is 0. The number of benzene rings is 2. The number of hydrogen-bond acceptors (Lipinski definition) is 5. The molecule has 2 aromatic carbocycles. The van der Waals surface area contributed by atoms with Crippen LogP contribution in [0.1, 0.15) is 28.8 Å². The van der Waals surface area contributed by atoms with Crippen LogP contribution in [0, 0.1) is 5.92 Å². The molecule has 1 fully saturated rings. The SMILES string of the molecule is O=C(c1ccccc1)C1CCN(Cc2cc(=O)oc3cc(O)ccc23)CC1. The highest BCUT2D eigenvalue weighted by Crippen LogP contribution is 2.26. The van der Waals surface area contributed by atoms with E-state index in [1.54, 1.807) is 12.1 Å². The van der Waals surface area contributed by atoms with Gasteiger partial charge in [0.2, 0.25) is 0 Å². The predicted octanol–water partition coefficient (Wildman–Crippen LogP) is 3.59. The molecule has 0 unspecified atom stereocenters. The second kappa shape index (κ2) is 7.37. The third-order valence-corrected chi connectivity index (χ3v) is 5.22. The lowest BCUT2D eigenvalue weighted by Crippen LogP contribution is -2.36. The fourth-order valence-electron chi connectivity index (χ4n) is 3.78. The van der Waals surface area contributed by atoms with Crippen molar-refractivity contribution < 1.29 is 14.3 Å². The first-order valence-electron chi connectivity index (χ1n) is 9.17. The Balaban J connectivity index is 1.46. The normalized spacial score (nSPS) is 15.9. The molecule has 1 N–H and O–H groups in total. The van der Waals surface area contributed by atoms with Crippen LogP contribution in [0.25, 0.3) is 11.0 Å². The number of nitrogens with zero attached hydrogens (tertiary/aromatic N) is 1. The number of fused-ring (bicyclic) bond motifs is 1. The van der Waals surface area contributed by atoms with E-state index >= 15 is 0 Å². The molecule has 0 spiro atoms. The van der Waals surface area contributed by atoms with Crippen molar-refractivity contribution in [2.75, 3.05) is 13.1 Å². The standard InChI is InChI=1S/C22H21NO4/c24-18-6-7-19-17(12-21(25)27-20(19)13-18)14-23-10-8-16(9-11-23)22(26)15-4-2-1-3-5-15/h1-7,12-13,16,24H,8-11,14H2. The Morgan fingerprint density at radius 1 is 1.07 bits per heavy atom. The van der Waals surface area contributed by atoms with Gasteiger partial charge in [0.1, 0.15) is 11.3 Å². The van der Waals surface area contributed by atoms with E-state index < -0.39 is 5.63 Å². The lowest BCUT2D eigenvalue weighted by molar-refractivity contribution is 0.0835. The minimum Gasteiger partial charge on any atom is -0.508 e. The van der Waals surface area contributed by atoms with Gasteiger partial charge in [0.05, 0.1) is 0 Å². The Morgan fingerprint density at radius 3 is 2.56 bits per heavy atom. The fourth-order valence-corrected chi connectivity index (χ4v) is 3.78. The summed E-state index contributed by atoms with van der Waals surface area (Å²) < 4.78 is 5.19. The van der Waals surface area contributed by atoms with Crippen LogP contribution in [0.3, 0.4) is 0 Å². The van der Waals surface area contributed by atoms with Gasteiger partial charge in [0, 0.05) is 35.5 Å². The van der Waals surface area contributed by atoms with Crippen LogP contribution in [0.4, 0.5) is 0 Å². The van der Waals surface area contributed by atoms with Crippen molar-refractivity contribution in [3.63, 3.8) is 0 Å². The van der Waals surface area contributed by atoms with Crippen LogP contribution in [-0.4, -0.2) is 28.9 Å². The molecule has 1 aromatic heterocycles. The molecule has 0 atom stereocenters. The molecule has 3 aromatic rings. The summed E-state index contributed by atoms with van der Waals surface area (Å²) in [6.07, 6.45) is 1.63. The van der Waals surface area contributed by atoms with Gasteiger partial charge in [-0.3, -0.25) is 9.69 Å². The van der Waals surface area contributed by atoms with Gasteiger partial charge < -0.3 is 9.52 Å². The van der Waals surface area contributed by atoms with Gasteiger partial charge in [0.15, 0.2) is 5.78 Å². The fraction of sp³-hybridized carbons (Fsp3) is 0.273. The number of hydrogen-bond donors (Lipinski definition) is 1. The van der Waals surface area contributed by atoms with Gasteiger partial charge in [-0.05, 0) is 43.6 Å². The summed E-state index contributed by atoms with van der Waals surface area (Å²) in [6.45, 7) is 2.24. The molecular weight excluding hydrogens is 342 g/mol. The maximum Gasteiger partial charge on any atom is 0.336 e. The molecule has 0 aliphatic carbocycles. The number of phenolic OH excluding ortho intramolecular Hbond substituents is 1. The van der Waals surface area contributed by atoms with E-state index in [2.05, 4.69) is 4.90 Å². The monoisotopic (exact) mass is 363 g/mol. The second-order valence-corrected chi connectivity index (χ2v) is 7.05. The Bertz CT molecular complexity index is 1020. The minimum absolute atomic E-state index is 0.0539. The Labute approximate surface area is 156 Å². The smallest absolute Gasteiger partial charge is 0.336 e. The van der Waals surface area contributed by atoms with Crippen LogP contribution < -0.4 is 5.63 Å². The van der Waals surface area contributed by atoms with Crippen molar-refractivity contribution in [2.24, 2.45) is 5.92 Å².